The molecule has 0 unspecified atom stereocenters. The summed E-state index contributed by atoms with van der Waals surface area (Å²) in [6.07, 6.45) is 0. The van der Waals surface area contributed by atoms with Crippen molar-refractivity contribution in [2.24, 2.45) is 0 Å². The predicted octanol–water partition coefficient (Wildman–Crippen LogP) is 3.52. The molecule has 0 radical (unpaired) electrons. The summed E-state index contributed by atoms with van der Waals surface area (Å²) in [7, 11) is 0. The Bertz CT molecular complexity index is 1240. The number of aliphatic hydroxyl groups excluding tert-OH is 1. The van der Waals surface area contributed by atoms with Gasteiger partial charge in [-0.25, -0.2) is 4.39 Å². The van der Waals surface area contributed by atoms with E-state index in [-0.39, 0.29) is 22.0 Å². The van der Waals surface area contributed by atoms with E-state index in [1.807, 2.05) is 0 Å². The van der Waals surface area contributed by atoms with Gasteiger partial charge in [-0.15, -0.1) is 10.2 Å². The van der Waals surface area contributed by atoms with Crippen LogP contribution < -0.4 is 4.90 Å². The fourth-order valence-electron chi connectivity index (χ4n) is 3.27. The van der Waals surface area contributed by atoms with Crippen molar-refractivity contribution in [3.8, 4) is 0 Å². The molecule has 1 saturated heterocycles. The number of benzene rings is 2. The number of non-ortho nitro benzene ring substituents is 1. The zero-order chi connectivity index (χ0) is 22.3. The van der Waals surface area contributed by atoms with Crippen LogP contribution in [0.2, 0.25) is 0 Å². The first-order valence-electron chi connectivity index (χ1n) is 8.89. The van der Waals surface area contributed by atoms with Gasteiger partial charge in [-0.05, 0) is 48.9 Å². The molecule has 9 nitrogen and oxygen atoms in total. The van der Waals surface area contributed by atoms with Gasteiger partial charge >= 0.3 is 5.91 Å². The van der Waals surface area contributed by atoms with Crippen LogP contribution in [-0.2, 0) is 9.59 Å². The Morgan fingerprint density at radius 3 is 2.32 bits per heavy atom. The maximum Gasteiger partial charge on any atom is 0.301 e. The molecule has 2 heterocycles. The van der Waals surface area contributed by atoms with Gasteiger partial charge in [-0.2, -0.15) is 0 Å². The van der Waals surface area contributed by atoms with Crippen molar-refractivity contribution in [3.05, 3.63) is 86.2 Å². The summed E-state index contributed by atoms with van der Waals surface area (Å²) in [6, 6.07) is 8.94. The molecule has 1 aromatic heterocycles. The van der Waals surface area contributed by atoms with Crippen LogP contribution in [-0.4, -0.2) is 31.9 Å². The topological polar surface area (TPSA) is 127 Å². The van der Waals surface area contributed by atoms with Crippen LogP contribution in [0.25, 0.3) is 5.76 Å². The first kappa shape index (κ1) is 20.3. The number of Topliss-reactive ketones (excluding diaryl/α,β-unsaturated/α-hetero) is 1. The average Bonchev–Trinajstić information content (AvgIpc) is 3.29. The van der Waals surface area contributed by atoms with Crippen LogP contribution in [0.3, 0.4) is 0 Å². The standard InChI is InChI=1S/C20H13FN4O5S/c1-10-22-23-20(31-10)24-16(11-4-8-14(9-5-11)25(29)30)15(18(27)19(24)28)17(26)12-2-6-13(21)7-3-12/h2-9,16,26H,1H3/b17-15+/t16-/m0/s1. The number of nitro groups is 1. The molecular formula is C20H13FN4O5S. The lowest BCUT2D eigenvalue weighted by molar-refractivity contribution is -0.384. The van der Waals surface area contributed by atoms with E-state index in [0.29, 0.717) is 10.6 Å². The Balaban J connectivity index is 1.92. The molecule has 31 heavy (non-hydrogen) atoms. The van der Waals surface area contributed by atoms with E-state index in [4.69, 9.17) is 0 Å². The molecule has 0 spiro atoms. The molecule has 1 aliphatic rings. The summed E-state index contributed by atoms with van der Waals surface area (Å²) in [4.78, 5) is 37.3. The Labute approximate surface area is 178 Å². The maximum atomic E-state index is 13.3. The molecule has 0 bridgehead atoms. The van der Waals surface area contributed by atoms with E-state index in [1.165, 1.54) is 36.4 Å². The van der Waals surface area contributed by atoms with Crippen molar-refractivity contribution in [1.29, 1.82) is 0 Å². The van der Waals surface area contributed by atoms with Crippen molar-refractivity contribution in [3.63, 3.8) is 0 Å². The monoisotopic (exact) mass is 440 g/mol. The lowest BCUT2D eigenvalue weighted by Gasteiger charge is -2.22. The minimum absolute atomic E-state index is 0.139. The fourth-order valence-corrected chi connectivity index (χ4v) is 3.98. The second kappa shape index (κ2) is 7.69. The number of halogens is 1. The first-order valence-corrected chi connectivity index (χ1v) is 9.71. The van der Waals surface area contributed by atoms with Crippen LogP contribution in [0.15, 0.2) is 54.1 Å². The lowest BCUT2D eigenvalue weighted by atomic mass is 9.95. The van der Waals surface area contributed by atoms with Gasteiger partial charge in [0.2, 0.25) is 5.13 Å². The number of ketones is 1. The second-order valence-corrected chi connectivity index (χ2v) is 7.79. The number of amides is 1. The number of aromatic nitrogens is 2. The van der Waals surface area contributed by atoms with Gasteiger partial charge in [0, 0.05) is 17.7 Å². The number of carbonyl (C=O) groups is 2. The smallest absolute Gasteiger partial charge is 0.301 e. The number of hydrogen-bond acceptors (Lipinski definition) is 8. The number of aryl methyl sites for hydroxylation is 1. The highest BCUT2D eigenvalue weighted by atomic mass is 32.1. The maximum absolute atomic E-state index is 13.3. The van der Waals surface area contributed by atoms with E-state index in [0.717, 1.165) is 28.4 Å². The second-order valence-electron chi connectivity index (χ2n) is 6.63. The number of rotatable bonds is 4. The highest BCUT2D eigenvalue weighted by molar-refractivity contribution is 7.15. The summed E-state index contributed by atoms with van der Waals surface area (Å²) in [6.45, 7) is 1.68. The molecule has 1 amide bonds. The molecule has 11 heteroatoms. The minimum atomic E-state index is -1.10. The van der Waals surface area contributed by atoms with Gasteiger partial charge in [-0.3, -0.25) is 24.6 Å². The molecule has 1 fully saturated rings. The highest BCUT2D eigenvalue weighted by Gasteiger charge is 2.48. The van der Waals surface area contributed by atoms with Crippen molar-refractivity contribution in [2.45, 2.75) is 13.0 Å². The largest absolute Gasteiger partial charge is 0.507 e. The predicted molar refractivity (Wildman–Crippen MR) is 109 cm³/mol. The van der Waals surface area contributed by atoms with Gasteiger partial charge in [-0.1, -0.05) is 11.3 Å². The summed E-state index contributed by atoms with van der Waals surface area (Å²) < 4.78 is 13.3. The number of carbonyl (C=O) groups excluding carboxylic acids is 2. The van der Waals surface area contributed by atoms with Crippen LogP contribution in [0.1, 0.15) is 22.2 Å². The van der Waals surface area contributed by atoms with E-state index in [9.17, 15) is 29.2 Å². The SMILES string of the molecule is Cc1nnc(N2C(=O)C(=O)/C(=C(/O)c3ccc(F)cc3)[C@@H]2c2ccc([N+](=O)[O-])cc2)s1. The zero-order valence-electron chi connectivity index (χ0n) is 15.9. The first-order chi connectivity index (χ1) is 14.8. The van der Waals surface area contributed by atoms with Gasteiger partial charge in [0.25, 0.3) is 11.5 Å². The molecule has 1 aliphatic heterocycles. The molecule has 0 aliphatic carbocycles. The number of anilines is 1. The Hall–Kier alpha value is -3.99. The van der Waals surface area contributed by atoms with Gasteiger partial charge in [0.15, 0.2) is 0 Å². The van der Waals surface area contributed by atoms with E-state index >= 15 is 0 Å². The minimum Gasteiger partial charge on any atom is -0.507 e. The van der Waals surface area contributed by atoms with Crippen LogP contribution in [0.5, 0.6) is 0 Å². The van der Waals surface area contributed by atoms with Crippen molar-refractivity contribution in [2.75, 3.05) is 4.90 Å². The third-order valence-electron chi connectivity index (χ3n) is 4.70. The molecule has 2 aromatic carbocycles. The van der Waals surface area contributed by atoms with Gasteiger partial charge in [0.05, 0.1) is 16.5 Å². The number of nitrogens with zero attached hydrogens (tertiary/aromatic N) is 4. The molecule has 1 N–H and O–H groups in total. The molecule has 4 rings (SSSR count). The Morgan fingerprint density at radius 1 is 1.13 bits per heavy atom. The van der Waals surface area contributed by atoms with Crippen LogP contribution in [0.4, 0.5) is 15.2 Å². The average molecular weight is 440 g/mol. The molecule has 0 saturated carbocycles. The summed E-state index contributed by atoms with van der Waals surface area (Å²) in [5.41, 5.74) is 0.0744. The van der Waals surface area contributed by atoms with E-state index < -0.39 is 34.2 Å². The fraction of sp³-hybridized carbons (Fsp3) is 0.100. The number of nitro benzene ring substituents is 1. The van der Waals surface area contributed by atoms with Crippen molar-refractivity contribution >= 4 is 39.6 Å². The summed E-state index contributed by atoms with van der Waals surface area (Å²) in [5.74, 6) is -2.92. The van der Waals surface area contributed by atoms with Gasteiger partial charge < -0.3 is 5.11 Å². The van der Waals surface area contributed by atoms with Crippen molar-refractivity contribution in [1.82, 2.24) is 10.2 Å². The van der Waals surface area contributed by atoms with E-state index in [1.54, 1.807) is 6.92 Å². The Morgan fingerprint density at radius 2 is 1.77 bits per heavy atom. The third kappa shape index (κ3) is 3.55. The summed E-state index contributed by atoms with van der Waals surface area (Å²) >= 11 is 1.08. The lowest BCUT2D eigenvalue weighted by Crippen LogP contribution is -2.29. The molecular weight excluding hydrogens is 427 g/mol. The zero-order valence-corrected chi connectivity index (χ0v) is 16.7. The summed E-state index contributed by atoms with van der Waals surface area (Å²) in [5, 5.41) is 30.4. The quantitative estimate of drug-likeness (QED) is 0.216. The number of aliphatic hydroxyl groups is 1. The highest BCUT2D eigenvalue weighted by Crippen LogP contribution is 2.43. The Kier molecular flexibility index (Phi) is 5.03. The normalized spacial score (nSPS) is 17.9. The van der Waals surface area contributed by atoms with Crippen LogP contribution in [0, 0.1) is 22.9 Å². The van der Waals surface area contributed by atoms with Crippen LogP contribution >= 0.6 is 11.3 Å². The number of hydrogen-bond donors (Lipinski definition) is 1. The molecule has 156 valence electrons. The van der Waals surface area contributed by atoms with E-state index in [2.05, 4.69) is 10.2 Å². The third-order valence-corrected chi connectivity index (χ3v) is 5.54. The molecule has 3 aromatic rings. The van der Waals surface area contributed by atoms with Crippen molar-refractivity contribution < 1.29 is 24.0 Å². The van der Waals surface area contributed by atoms with Gasteiger partial charge in [0.1, 0.15) is 16.6 Å². The molecule has 1 atom stereocenters.